The molecule has 3 aromatic carbocycles. The van der Waals surface area contributed by atoms with Crippen molar-refractivity contribution < 1.29 is 23.5 Å². The topological polar surface area (TPSA) is 80.6 Å². The van der Waals surface area contributed by atoms with Crippen molar-refractivity contribution >= 4 is 46.7 Å². The van der Waals surface area contributed by atoms with Crippen LogP contribution in [0, 0.1) is 5.82 Å². The van der Waals surface area contributed by atoms with Crippen LogP contribution in [0.4, 0.5) is 10.1 Å². The zero-order valence-electron chi connectivity index (χ0n) is 20.1. The third kappa shape index (κ3) is 4.87. The van der Waals surface area contributed by atoms with Crippen molar-refractivity contribution in [1.29, 1.82) is 0 Å². The van der Waals surface area contributed by atoms with Crippen LogP contribution < -0.4 is 15.0 Å². The molecule has 0 saturated carbocycles. The summed E-state index contributed by atoms with van der Waals surface area (Å²) >= 11 is 5.28. The second-order valence-electron chi connectivity index (χ2n) is 8.44. The average molecular weight is 526 g/mol. The van der Waals surface area contributed by atoms with Gasteiger partial charge in [-0.3, -0.25) is 24.6 Å². The number of hydrogen-bond acceptors (Lipinski definition) is 5. The molecule has 2 heterocycles. The first-order valence-electron chi connectivity index (χ1n) is 11.5. The smallest absolute Gasteiger partial charge is 0.270 e. The predicted octanol–water partition coefficient (Wildman–Crippen LogP) is 5.02. The molecule has 0 spiro atoms. The number of nitrogens with zero attached hydrogens (tertiary/aromatic N) is 2. The fourth-order valence-corrected chi connectivity index (χ4v) is 4.26. The Morgan fingerprint density at radius 1 is 0.947 bits per heavy atom. The van der Waals surface area contributed by atoms with Crippen LogP contribution in [0.25, 0.3) is 6.08 Å². The van der Waals surface area contributed by atoms with Crippen LogP contribution in [0.3, 0.4) is 0 Å². The lowest BCUT2D eigenvalue weighted by molar-refractivity contribution is -0.122. The van der Waals surface area contributed by atoms with Crippen molar-refractivity contribution in [2.45, 2.75) is 0 Å². The summed E-state index contributed by atoms with van der Waals surface area (Å²) < 4.78 is 21.5. The van der Waals surface area contributed by atoms with Gasteiger partial charge in [-0.1, -0.05) is 30.3 Å². The van der Waals surface area contributed by atoms with E-state index in [1.807, 2.05) is 30.3 Å². The summed E-state index contributed by atoms with van der Waals surface area (Å²) in [5.41, 5.74) is 0.819. The summed E-state index contributed by atoms with van der Waals surface area (Å²) in [7, 11) is 1.66. The maximum atomic E-state index is 14.1. The van der Waals surface area contributed by atoms with Crippen LogP contribution in [-0.2, 0) is 16.6 Å². The van der Waals surface area contributed by atoms with Crippen molar-refractivity contribution in [2.24, 2.45) is 7.05 Å². The molecule has 5 rings (SSSR count). The van der Waals surface area contributed by atoms with Crippen LogP contribution in [0.5, 0.6) is 11.5 Å². The first-order chi connectivity index (χ1) is 18.3. The molecule has 1 fully saturated rings. The van der Waals surface area contributed by atoms with Gasteiger partial charge in [-0.05, 0) is 72.9 Å². The number of anilines is 1. The highest BCUT2D eigenvalue weighted by Gasteiger charge is 2.34. The summed E-state index contributed by atoms with van der Waals surface area (Å²) in [6, 6.07) is 23.1. The zero-order valence-corrected chi connectivity index (χ0v) is 20.9. The molecule has 4 aromatic rings. The van der Waals surface area contributed by atoms with E-state index in [-0.39, 0.29) is 21.8 Å². The van der Waals surface area contributed by atoms with Gasteiger partial charge in [0.1, 0.15) is 22.9 Å². The molecular weight excluding hydrogens is 505 g/mol. The number of carbonyl (C=O) groups is 3. The van der Waals surface area contributed by atoms with Gasteiger partial charge in [0, 0.05) is 24.5 Å². The minimum atomic E-state index is -0.663. The van der Waals surface area contributed by atoms with E-state index in [1.54, 1.807) is 41.9 Å². The molecule has 1 aliphatic rings. The molecule has 1 saturated heterocycles. The van der Waals surface area contributed by atoms with Gasteiger partial charge in [-0.25, -0.2) is 4.39 Å². The van der Waals surface area contributed by atoms with Crippen LogP contribution in [-0.4, -0.2) is 27.3 Å². The number of carbonyl (C=O) groups excluding carboxylic acids is 3. The predicted molar refractivity (Wildman–Crippen MR) is 144 cm³/mol. The van der Waals surface area contributed by atoms with Crippen LogP contribution in [0.15, 0.2) is 96.7 Å². The Balaban J connectivity index is 1.41. The number of ether oxygens (including phenoxy) is 1. The molecule has 7 nitrogen and oxygen atoms in total. The third-order valence-corrected chi connectivity index (χ3v) is 6.18. The fourth-order valence-electron chi connectivity index (χ4n) is 3.98. The zero-order chi connectivity index (χ0) is 26.8. The standard InChI is InChI=1S/C29H20FN3O4S/c1-32-17-18(26(34)23-9-5-6-10-25(23)30)15-20(32)16-24-27(35)31-29(38)33(28(24)36)19-11-13-22(14-12-19)37-21-7-3-2-4-8-21/h2-17H,1H3,(H,31,35,38)/b24-16+. The number of ketones is 1. The number of rotatable bonds is 6. The number of nitrogens with one attached hydrogen (secondary N) is 1. The Bertz CT molecular complexity index is 1610. The first-order valence-corrected chi connectivity index (χ1v) is 11.9. The maximum Gasteiger partial charge on any atom is 0.270 e. The van der Waals surface area contributed by atoms with Gasteiger partial charge in [-0.15, -0.1) is 0 Å². The van der Waals surface area contributed by atoms with E-state index in [4.69, 9.17) is 17.0 Å². The van der Waals surface area contributed by atoms with Crippen LogP contribution in [0.1, 0.15) is 21.6 Å². The first kappa shape index (κ1) is 24.8. The van der Waals surface area contributed by atoms with Crippen molar-refractivity contribution in [3.63, 3.8) is 0 Å². The van der Waals surface area contributed by atoms with Crippen molar-refractivity contribution in [3.05, 3.63) is 119 Å². The fraction of sp³-hybridized carbons (Fsp3) is 0.0345. The number of thiocarbonyl (C=S) groups is 1. The van der Waals surface area contributed by atoms with Crippen molar-refractivity contribution in [2.75, 3.05) is 4.90 Å². The van der Waals surface area contributed by atoms with Gasteiger partial charge in [0.2, 0.25) is 0 Å². The highest BCUT2D eigenvalue weighted by Crippen LogP contribution is 2.27. The minimum absolute atomic E-state index is 0.0591. The minimum Gasteiger partial charge on any atom is -0.457 e. The maximum absolute atomic E-state index is 14.1. The summed E-state index contributed by atoms with van der Waals surface area (Å²) in [5, 5.41) is 2.48. The lowest BCUT2D eigenvalue weighted by Gasteiger charge is -2.29. The number of benzene rings is 3. The molecular formula is C29H20FN3O4S. The summed E-state index contributed by atoms with van der Waals surface area (Å²) in [4.78, 5) is 40.1. The number of aromatic nitrogens is 1. The van der Waals surface area contributed by atoms with Gasteiger partial charge >= 0.3 is 0 Å². The van der Waals surface area contributed by atoms with Gasteiger partial charge < -0.3 is 9.30 Å². The lowest BCUT2D eigenvalue weighted by Crippen LogP contribution is -2.54. The van der Waals surface area contributed by atoms with E-state index in [9.17, 15) is 18.8 Å². The monoisotopic (exact) mass is 525 g/mol. The molecule has 1 N–H and O–H groups in total. The molecule has 0 aliphatic carbocycles. The second-order valence-corrected chi connectivity index (χ2v) is 8.83. The Hall–Kier alpha value is -4.89. The van der Waals surface area contributed by atoms with E-state index in [0.717, 1.165) is 0 Å². The molecule has 0 bridgehead atoms. The molecule has 1 aliphatic heterocycles. The van der Waals surface area contributed by atoms with E-state index >= 15 is 0 Å². The normalized spacial score (nSPS) is 14.5. The molecule has 0 atom stereocenters. The van der Waals surface area contributed by atoms with E-state index in [1.165, 1.54) is 41.4 Å². The quantitative estimate of drug-likeness (QED) is 0.166. The Kier molecular flexibility index (Phi) is 6.68. The van der Waals surface area contributed by atoms with E-state index in [2.05, 4.69) is 5.32 Å². The number of halogens is 1. The molecule has 1 aromatic heterocycles. The van der Waals surface area contributed by atoms with Gasteiger partial charge in [0.05, 0.1) is 11.3 Å². The molecule has 2 amide bonds. The molecule has 0 radical (unpaired) electrons. The van der Waals surface area contributed by atoms with Gasteiger partial charge in [-0.2, -0.15) is 0 Å². The molecule has 9 heteroatoms. The molecule has 38 heavy (non-hydrogen) atoms. The summed E-state index contributed by atoms with van der Waals surface area (Å²) in [6.45, 7) is 0. The highest BCUT2D eigenvalue weighted by atomic mass is 32.1. The van der Waals surface area contributed by atoms with Gasteiger partial charge in [0.25, 0.3) is 11.8 Å². The Morgan fingerprint density at radius 2 is 1.61 bits per heavy atom. The number of para-hydroxylation sites is 1. The summed E-state index contributed by atoms with van der Waals surface area (Å²) in [6.07, 6.45) is 2.89. The third-order valence-electron chi connectivity index (χ3n) is 5.89. The largest absolute Gasteiger partial charge is 0.457 e. The Morgan fingerprint density at radius 3 is 2.32 bits per heavy atom. The van der Waals surface area contributed by atoms with Crippen molar-refractivity contribution in [3.8, 4) is 11.5 Å². The average Bonchev–Trinajstić information content (AvgIpc) is 3.28. The van der Waals surface area contributed by atoms with E-state index in [0.29, 0.717) is 22.9 Å². The van der Waals surface area contributed by atoms with Crippen LogP contribution >= 0.6 is 12.2 Å². The number of hydrogen-bond donors (Lipinski definition) is 1. The van der Waals surface area contributed by atoms with E-state index < -0.39 is 23.4 Å². The number of amides is 2. The lowest BCUT2D eigenvalue weighted by atomic mass is 10.0. The van der Waals surface area contributed by atoms with Crippen molar-refractivity contribution in [1.82, 2.24) is 9.88 Å². The second kappa shape index (κ2) is 10.2. The molecule has 188 valence electrons. The summed E-state index contributed by atoms with van der Waals surface area (Å²) in [5.74, 6) is -1.21. The van der Waals surface area contributed by atoms with Crippen LogP contribution in [0.2, 0.25) is 0 Å². The highest BCUT2D eigenvalue weighted by molar-refractivity contribution is 7.80. The SMILES string of the molecule is Cn1cc(C(=O)c2ccccc2F)cc1/C=C1\C(=O)NC(=S)N(c2ccc(Oc3ccccc3)cc2)C1=O. The Labute approximate surface area is 222 Å². The number of aryl methyl sites for hydroxylation is 1. The molecule has 0 unspecified atom stereocenters. The van der Waals surface area contributed by atoms with Gasteiger partial charge in [0.15, 0.2) is 10.9 Å².